The van der Waals surface area contributed by atoms with Crippen molar-refractivity contribution in [2.45, 2.75) is 309 Å². The van der Waals surface area contributed by atoms with Crippen molar-refractivity contribution >= 4 is 33.6 Å². The van der Waals surface area contributed by atoms with Gasteiger partial charge in [-0.05, 0) is 161 Å². The molecule has 606 valence electrons. The highest BCUT2D eigenvalue weighted by Crippen LogP contribution is 2.45. The van der Waals surface area contributed by atoms with Gasteiger partial charge in [-0.3, -0.25) is 32.5 Å². The lowest BCUT2D eigenvalue weighted by Crippen LogP contribution is -2.30. The van der Waals surface area contributed by atoms with Crippen molar-refractivity contribution in [1.29, 1.82) is 0 Å². The second-order valence-corrected chi connectivity index (χ2v) is 29.3. The number of carbonyl (C=O) groups is 3. The minimum atomic E-state index is -4.96. The van der Waals surface area contributed by atoms with Crippen LogP contribution in [0.2, 0.25) is 0 Å². The van der Waals surface area contributed by atoms with Crippen molar-refractivity contribution < 1.29 is 75.8 Å². The van der Waals surface area contributed by atoms with Crippen LogP contribution in [-0.2, 0) is 55.8 Å². The van der Waals surface area contributed by atoms with E-state index in [9.17, 15) is 43.5 Å². The highest BCUT2D eigenvalue weighted by Gasteiger charge is 2.29. The van der Waals surface area contributed by atoms with E-state index in [1.54, 1.807) is 0 Å². The normalized spacial score (nSPS) is 14.9. The second kappa shape index (κ2) is 79.9. The third-order valence-corrected chi connectivity index (χ3v) is 18.2. The van der Waals surface area contributed by atoms with Crippen LogP contribution in [0.15, 0.2) is 194 Å². The summed E-state index contributed by atoms with van der Waals surface area (Å²) in [6.45, 7) is 2.26. The van der Waals surface area contributed by atoms with Gasteiger partial charge in [0, 0.05) is 19.3 Å². The molecular formula is C89H144O16P2. The van der Waals surface area contributed by atoms with E-state index in [0.717, 1.165) is 180 Å². The van der Waals surface area contributed by atoms with Crippen LogP contribution in [0.5, 0.6) is 0 Å². The average Bonchev–Trinajstić information content (AvgIpc) is 0.906. The zero-order valence-electron chi connectivity index (χ0n) is 66.2. The first-order valence-electron chi connectivity index (χ1n) is 40.7. The molecule has 0 spiro atoms. The molecule has 107 heavy (non-hydrogen) atoms. The maximum absolute atomic E-state index is 13.0. The molecule has 0 heterocycles. The van der Waals surface area contributed by atoms with Crippen molar-refractivity contribution in [1.82, 2.24) is 0 Å². The molecule has 0 aromatic carbocycles. The van der Waals surface area contributed by atoms with E-state index in [4.69, 9.17) is 32.3 Å². The molecule has 0 radical (unpaired) electrons. The zero-order chi connectivity index (χ0) is 78.0. The summed E-state index contributed by atoms with van der Waals surface area (Å²) in [6, 6.07) is 0. The van der Waals surface area contributed by atoms with Crippen molar-refractivity contribution in [3.63, 3.8) is 0 Å². The van der Waals surface area contributed by atoms with E-state index in [-0.39, 0.29) is 19.3 Å². The topological polar surface area (TPSA) is 231 Å². The number of hydrogen-bond acceptors (Lipinski definition) is 14. The number of esters is 3. The molecule has 5 atom stereocenters. The first-order chi connectivity index (χ1) is 52.2. The van der Waals surface area contributed by atoms with Gasteiger partial charge >= 0.3 is 33.6 Å². The maximum atomic E-state index is 13.0. The van der Waals surface area contributed by atoms with Crippen LogP contribution in [0.1, 0.15) is 290 Å². The number of hydrogen-bond donors (Lipinski definition) is 4. The summed E-state index contributed by atoms with van der Waals surface area (Å²) in [6.07, 6.45) is 105. The minimum absolute atomic E-state index is 0.0533. The molecule has 0 amide bonds. The Morgan fingerprint density at radius 3 is 0.748 bits per heavy atom. The van der Waals surface area contributed by atoms with E-state index < -0.39 is 91.5 Å². The first kappa shape index (κ1) is 101. The Kier molecular flexibility index (Phi) is 75.7. The van der Waals surface area contributed by atoms with Gasteiger partial charge in [-0.2, -0.15) is 0 Å². The fourth-order valence-corrected chi connectivity index (χ4v) is 11.8. The lowest BCUT2D eigenvalue weighted by atomic mass is 10.0. The molecule has 0 aliphatic rings. The van der Waals surface area contributed by atoms with Gasteiger partial charge in [-0.15, -0.1) is 0 Å². The lowest BCUT2D eigenvalue weighted by molar-refractivity contribution is -0.161. The van der Waals surface area contributed by atoms with Gasteiger partial charge in [0.25, 0.3) is 0 Å². The number of aliphatic hydroxyl groups is 2. The minimum Gasteiger partial charge on any atom is -0.463 e. The monoisotopic (exact) mass is 1530 g/mol. The van der Waals surface area contributed by atoms with Gasteiger partial charge in [0.2, 0.25) is 0 Å². The number of unbranched alkanes of at least 4 members (excludes halogenated alkanes) is 20. The fraction of sp³-hybridized carbons (Fsp3) is 0.607. The van der Waals surface area contributed by atoms with E-state index in [0.29, 0.717) is 19.3 Å². The number of aliphatic hydroxyl groups excluding tert-OH is 2. The molecule has 16 nitrogen and oxygen atoms in total. The van der Waals surface area contributed by atoms with Crippen LogP contribution >= 0.6 is 15.6 Å². The number of carbonyl (C=O) groups excluding carboxylic acids is 3. The van der Waals surface area contributed by atoms with Crippen LogP contribution in [-0.4, -0.2) is 95.9 Å². The molecular weight excluding hydrogens is 1390 g/mol. The molecule has 0 rings (SSSR count). The van der Waals surface area contributed by atoms with Crippen molar-refractivity contribution in [3.8, 4) is 0 Å². The van der Waals surface area contributed by atoms with E-state index in [2.05, 4.69) is 215 Å². The quantitative estimate of drug-likeness (QED) is 0.0146. The maximum Gasteiger partial charge on any atom is 0.472 e. The van der Waals surface area contributed by atoms with Crippen LogP contribution in [0, 0.1) is 0 Å². The van der Waals surface area contributed by atoms with E-state index >= 15 is 0 Å². The Hall–Kier alpha value is -5.61. The smallest absolute Gasteiger partial charge is 0.463 e. The molecule has 0 bridgehead atoms. The van der Waals surface area contributed by atoms with Gasteiger partial charge in [-0.1, -0.05) is 305 Å². The molecule has 0 fully saturated rings. The molecule has 0 aromatic heterocycles. The van der Waals surface area contributed by atoms with E-state index in [1.807, 2.05) is 0 Å². The highest BCUT2D eigenvalue weighted by molar-refractivity contribution is 7.47. The Morgan fingerprint density at radius 2 is 0.467 bits per heavy atom. The molecule has 4 N–H and O–H groups in total. The third-order valence-electron chi connectivity index (χ3n) is 16.3. The van der Waals surface area contributed by atoms with Crippen LogP contribution < -0.4 is 0 Å². The van der Waals surface area contributed by atoms with Crippen molar-refractivity contribution in [3.05, 3.63) is 194 Å². The van der Waals surface area contributed by atoms with Crippen molar-refractivity contribution in [2.75, 3.05) is 39.6 Å². The third kappa shape index (κ3) is 81.2. The SMILES string of the molecule is CC/C=C\C/C=C\C/C=C\C/C=C\C/C=C\C/C=C\CCCCCCCCCCCCCCC(=O)OCC(O)COP(=O)(O)OCC(O)COP(=O)(O)OCC(COC(=O)CCCCCCC/C=C\C/C=C\C/C=C\C/C=C\C/C=C\CC)OC(=O)CCCCC/C=C\C/C=C\C/C=C\C/C=C\C/C=C\CC. The Morgan fingerprint density at radius 1 is 0.262 bits per heavy atom. The van der Waals surface area contributed by atoms with Crippen LogP contribution in [0.4, 0.5) is 0 Å². The van der Waals surface area contributed by atoms with Gasteiger partial charge < -0.3 is 34.2 Å². The molecule has 0 aliphatic heterocycles. The van der Waals surface area contributed by atoms with Gasteiger partial charge in [-0.25, -0.2) is 9.13 Å². The Balaban J connectivity index is 4.62. The fourth-order valence-electron chi connectivity index (χ4n) is 10.2. The largest absolute Gasteiger partial charge is 0.472 e. The number of rotatable bonds is 75. The predicted octanol–water partition coefficient (Wildman–Crippen LogP) is 24.3. The first-order valence-corrected chi connectivity index (χ1v) is 43.7. The summed E-state index contributed by atoms with van der Waals surface area (Å²) in [7, 11) is -9.83. The summed E-state index contributed by atoms with van der Waals surface area (Å²) in [5.41, 5.74) is 0. The highest BCUT2D eigenvalue weighted by atomic mass is 31.2. The second-order valence-electron chi connectivity index (χ2n) is 26.4. The van der Waals surface area contributed by atoms with E-state index in [1.165, 1.54) is 51.4 Å². The summed E-state index contributed by atoms with van der Waals surface area (Å²) in [4.78, 5) is 58.7. The Bertz CT molecular complexity index is 2720. The van der Waals surface area contributed by atoms with Gasteiger partial charge in [0.15, 0.2) is 6.10 Å². The predicted molar refractivity (Wildman–Crippen MR) is 444 cm³/mol. The molecule has 0 saturated carbocycles. The number of ether oxygens (including phenoxy) is 3. The van der Waals surface area contributed by atoms with Gasteiger partial charge in [0.1, 0.15) is 25.4 Å². The number of allylic oxidation sites excluding steroid dienone is 32. The van der Waals surface area contributed by atoms with Crippen LogP contribution in [0.3, 0.4) is 0 Å². The standard InChI is InChI=1S/C89H144O16P2/c1-4-7-10-13-16-19-22-25-28-31-34-36-37-38-39-40-41-42-43-44-45-47-50-51-54-57-60-63-66-69-72-75-87(92)99-78-84(90)79-101-106(95,96)102-80-85(91)81-103-107(97,98)104-83-86(105-89(94)77-74-71-68-65-62-59-56-53-48-33-30-27-24-21-18-15-12-9-6-3)82-100-88(93)76-73-70-67-64-61-58-55-52-49-46-35-32-29-26-23-20-17-14-11-8-5-2/h7-12,16-21,25-30,34-36,38-39,41-42,46,48,52-53,55,59,62,84-86,90-91H,4-6,13-15,22-24,31-33,37,40,43-45,47,49-51,54,56-58,60-61,63-83H2,1-3H3,(H,95,96)(H,97,98)/b10-7-,11-8-,12-9-,19-16-,20-17-,21-18-,28-25-,29-26-,30-27-,36-34-,39-38-,42-41-,46-35-,53-48-,55-52-,62-59-. The zero-order valence-corrected chi connectivity index (χ0v) is 68.0. The summed E-state index contributed by atoms with van der Waals surface area (Å²) in [5, 5.41) is 20.7. The summed E-state index contributed by atoms with van der Waals surface area (Å²) >= 11 is 0. The molecule has 0 aliphatic carbocycles. The molecule has 0 saturated heterocycles. The average molecular weight is 1530 g/mol. The summed E-state index contributed by atoms with van der Waals surface area (Å²) < 4.78 is 61.2. The number of phosphoric acid groups is 2. The molecule has 18 heteroatoms. The molecule has 5 unspecified atom stereocenters. The van der Waals surface area contributed by atoms with Crippen LogP contribution in [0.25, 0.3) is 0 Å². The summed E-state index contributed by atoms with van der Waals surface area (Å²) in [5.74, 6) is -1.65. The van der Waals surface area contributed by atoms with Crippen molar-refractivity contribution in [2.24, 2.45) is 0 Å². The van der Waals surface area contributed by atoms with Gasteiger partial charge in [0.05, 0.1) is 26.4 Å². The molecule has 0 aromatic rings. The number of phosphoric ester groups is 2. The lowest BCUT2D eigenvalue weighted by Gasteiger charge is -2.21. The Labute approximate surface area is 648 Å².